The Kier molecular flexibility index (Phi) is 9.99. The largest absolute Gasteiger partial charge is 0.480 e. The second-order valence-corrected chi connectivity index (χ2v) is 5.94. The van der Waals surface area contributed by atoms with E-state index in [0.717, 1.165) is 19.3 Å². The van der Waals surface area contributed by atoms with Crippen LogP contribution in [0.1, 0.15) is 47.0 Å². The Labute approximate surface area is 127 Å². The van der Waals surface area contributed by atoms with Crippen molar-refractivity contribution in [2.75, 3.05) is 26.4 Å². The van der Waals surface area contributed by atoms with Gasteiger partial charge in [-0.2, -0.15) is 0 Å². The monoisotopic (exact) mass is 303 g/mol. The highest BCUT2D eigenvalue weighted by molar-refractivity contribution is 5.77. The lowest BCUT2D eigenvalue weighted by molar-refractivity contribution is -0.143. The molecule has 0 aromatic carbocycles. The summed E-state index contributed by atoms with van der Waals surface area (Å²) in [6, 6.07) is 0. The van der Waals surface area contributed by atoms with Crippen molar-refractivity contribution >= 4 is 11.9 Å². The van der Waals surface area contributed by atoms with Crippen LogP contribution < -0.4 is 5.32 Å². The molecule has 0 aliphatic heterocycles. The first-order chi connectivity index (χ1) is 9.76. The third-order valence-electron chi connectivity index (χ3n) is 3.06. The standard InChI is InChI=1S/C15H29NO5/c1-5-7-15(3,4)21-8-6-12(2)9-16-13(17)10-20-11-14(18)19/h12H,5-11H2,1-4H3,(H,16,17)(H,18,19). The lowest BCUT2D eigenvalue weighted by Gasteiger charge is -2.25. The highest BCUT2D eigenvalue weighted by Crippen LogP contribution is 2.17. The van der Waals surface area contributed by atoms with Gasteiger partial charge in [0, 0.05) is 13.2 Å². The molecule has 0 bridgehead atoms. The number of nitrogens with one attached hydrogen (secondary N) is 1. The number of carboxylic acids is 1. The number of aliphatic carboxylic acids is 1. The third-order valence-corrected chi connectivity index (χ3v) is 3.06. The molecule has 2 N–H and O–H groups in total. The van der Waals surface area contributed by atoms with Gasteiger partial charge in [-0.25, -0.2) is 4.79 Å². The van der Waals surface area contributed by atoms with Crippen molar-refractivity contribution in [2.24, 2.45) is 5.92 Å². The van der Waals surface area contributed by atoms with Gasteiger partial charge in [0.2, 0.25) is 5.91 Å². The highest BCUT2D eigenvalue weighted by Gasteiger charge is 2.17. The summed E-state index contributed by atoms with van der Waals surface area (Å²) in [6.07, 6.45) is 2.98. The van der Waals surface area contributed by atoms with E-state index >= 15 is 0 Å². The van der Waals surface area contributed by atoms with Gasteiger partial charge in [0.15, 0.2) is 0 Å². The van der Waals surface area contributed by atoms with Crippen molar-refractivity contribution < 1.29 is 24.2 Å². The Morgan fingerprint density at radius 1 is 1.29 bits per heavy atom. The van der Waals surface area contributed by atoms with E-state index in [1.54, 1.807) is 0 Å². The van der Waals surface area contributed by atoms with Gasteiger partial charge in [0.1, 0.15) is 13.2 Å². The fourth-order valence-electron chi connectivity index (χ4n) is 1.88. The maximum atomic E-state index is 11.4. The predicted octanol–water partition coefficient (Wildman–Crippen LogP) is 1.83. The number of rotatable bonds is 12. The van der Waals surface area contributed by atoms with Crippen LogP contribution in [0.3, 0.4) is 0 Å². The van der Waals surface area contributed by atoms with Crippen LogP contribution >= 0.6 is 0 Å². The minimum atomic E-state index is -1.08. The average Bonchev–Trinajstić information content (AvgIpc) is 2.35. The van der Waals surface area contributed by atoms with Crippen LogP contribution in [0.4, 0.5) is 0 Å². The maximum absolute atomic E-state index is 11.4. The van der Waals surface area contributed by atoms with Crippen molar-refractivity contribution in [1.82, 2.24) is 5.32 Å². The van der Waals surface area contributed by atoms with Crippen molar-refractivity contribution in [2.45, 2.75) is 52.6 Å². The third kappa shape index (κ3) is 12.3. The molecule has 0 aromatic rings. The molecule has 0 rings (SSSR count). The van der Waals surface area contributed by atoms with Gasteiger partial charge >= 0.3 is 5.97 Å². The molecule has 0 radical (unpaired) electrons. The molecule has 1 amide bonds. The number of amides is 1. The summed E-state index contributed by atoms with van der Waals surface area (Å²) in [5.74, 6) is -1.08. The van der Waals surface area contributed by atoms with E-state index < -0.39 is 12.6 Å². The highest BCUT2D eigenvalue weighted by atomic mass is 16.5. The molecule has 6 nitrogen and oxygen atoms in total. The number of ether oxygens (including phenoxy) is 2. The molecule has 0 spiro atoms. The second-order valence-electron chi connectivity index (χ2n) is 5.94. The van der Waals surface area contributed by atoms with Gasteiger partial charge < -0.3 is 19.9 Å². The van der Waals surface area contributed by atoms with Gasteiger partial charge in [0.25, 0.3) is 0 Å². The van der Waals surface area contributed by atoms with Crippen molar-refractivity contribution in [3.63, 3.8) is 0 Å². The van der Waals surface area contributed by atoms with Crippen LogP contribution in [0.2, 0.25) is 0 Å². The molecule has 0 saturated heterocycles. The topological polar surface area (TPSA) is 84.9 Å². The number of carboxylic acid groups (broad SMARTS) is 1. The Bertz CT molecular complexity index is 317. The number of hydrogen-bond acceptors (Lipinski definition) is 4. The zero-order valence-corrected chi connectivity index (χ0v) is 13.6. The zero-order chi connectivity index (χ0) is 16.3. The summed E-state index contributed by atoms with van der Waals surface area (Å²) in [6.45, 7) is 8.87. The molecule has 0 aliphatic rings. The van der Waals surface area contributed by atoms with Gasteiger partial charge in [-0.15, -0.1) is 0 Å². The second kappa shape index (κ2) is 10.6. The smallest absolute Gasteiger partial charge is 0.329 e. The first-order valence-electron chi connectivity index (χ1n) is 7.47. The lowest BCUT2D eigenvalue weighted by atomic mass is 10.0. The number of hydrogen-bond donors (Lipinski definition) is 2. The summed E-state index contributed by atoms with van der Waals surface area (Å²) < 4.78 is 10.5. The molecule has 1 unspecified atom stereocenters. The first kappa shape index (κ1) is 19.9. The Hall–Kier alpha value is -1.14. The molecule has 1 atom stereocenters. The quantitative estimate of drug-likeness (QED) is 0.574. The maximum Gasteiger partial charge on any atom is 0.329 e. The molecule has 0 fully saturated rings. The SMILES string of the molecule is CCCC(C)(C)OCCC(C)CNC(=O)COCC(=O)O. The molecular formula is C15H29NO5. The van der Waals surface area contributed by atoms with Crippen molar-refractivity contribution in [1.29, 1.82) is 0 Å². The van der Waals surface area contributed by atoms with Crippen LogP contribution in [0.15, 0.2) is 0 Å². The molecular weight excluding hydrogens is 274 g/mol. The zero-order valence-electron chi connectivity index (χ0n) is 13.6. The van der Waals surface area contributed by atoms with Gasteiger partial charge in [-0.3, -0.25) is 4.79 Å². The van der Waals surface area contributed by atoms with E-state index in [0.29, 0.717) is 19.1 Å². The van der Waals surface area contributed by atoms with Crippen molar-refractivity contribution in [3.05, 3.63) is 0 Å². The first-order valence-corrected chi connectivity index (χ1v) is 7.47. The lowest BCUT2D eigenvalue weighted by Crippen LogP contribution is -2.33. The van der Waals surface area contributed by atoms with E-state index in [4.69, 9.17) is 14.6 Å². The number of carbonyl (C=O) groups excluding carboxylic acids is 1. The van der Waals surface area contributed by atoms with Crippen molar-refractivity contribution in [3.8, 4) is 0 Å². The Morgan fingerprint density at radius 2 is 1.95 bits per heavy atom. The van der Waals surface area contributed by atoms with E-state index in [9.17, 15) is 9.59 Å². The van der Waals surface area contributed by atoms with E-state index in [1.807, 2.05) is 6.92 Å². The van der Waals surface area contributed by atoms with Gasteiger partial charge in [0.05, 0.1) is 5.60 Å². The molecule has 6 heteroatoms. The van der Waals surface area contributed by atoms with E-state index in [2.05, 4.69) is 26.1 Å². The fourth-order valence-corrected chi connectivity index (χ4v) is 1.88. The summed E-state index contributed by atoms with van der Waals surface area (Å²) in [7, 11) is 0. The number of carbonyl (C=O) groups is 2. The van der Waals surface area contributed by atoms with Gasteiger partial charge in [-0.05, 0) is 32.6 Å². The molecule has 0 heterocycles. The normalized spacial score (nSPS) is 13.0. The Morgan fingerprint density at radius 3 is 2.52 bits per heavy atom. The summed E-state index contributed by atoms with van der Waals surface area (Å²) in [5.41, 5.74) is -0.0949. The average molecular weight is 303 g/mol. The predicted molar refractivity (Wildman–Crippen MR) is 80.2 cm³/mol. The van der Waals surface area contributed by atoms with Gasteiger partial charge in [-0.1, -0.05) is 20.3 Å². The van der Waals surface area contributed by atoms with Crippen LogP contribution in [0.5, 0.6) is 0 Å². The summed E-state index contributed by atoms with van der Waals surface area (Å²) >= 11 is 0. The molecule has 0 aromatic heterocycles. The minimum absolute atomic E-state index is 0.0949. The molecule has 21 heavy (non-hydrogen) atoms. The Balaban J connectivity index is 3.68. The van der Waals surface area contributed by atoms with Crippen LogP contribution in [0, 0.1) is 5.92 Å². The van der Waals surface area contributed by atoms with Crippen LogP contribution in [-0.4, -0.2) is 48.9 Å². The molecule has 0 saturated carbocycles. The summed E-state index contributed by atoms with van der Waals surface area (Å²) in [5, 5.41) is 11.1. The molecule has 0 aliphatic carbocycles. The summed E-state index contributed by atoms with van der Waals surface area (Å²) in [4.78, 5) is 21.6. The van der Waals surface area contributed by atoms with Crippen LogP contribution in [0.25, 0.3) is 0 Å². The minimum Gasteiger partial charge on any atom is -0.480 e. The fraction of sp³-hybridized carbons (Fsp3) is 0.867. The molecule has 124 valence electrons. The van der Waals surface area contributed by atoms with E-state index in [1.165, 1.54) is 0 Å². The van der Waals surface area contributed by atoms with Crippen LogP contribution in [-0.2, 0) is 19.1 Å². The van der Waals surface area contributed by atoms with E-state index in [-0.39, 0.29) is 18.1 Å².